The summed E-state index contributed by atoms with van der Waals surface area (Å²) in [6.07, 6.45) is 7.80. The monoisotopic (exact) mass is 465 g/mol. The van der Waals surface area contributed by atoms with E-state index in [9.17, 15) is 9.18 Å². The molecular weight excluding hydrogens is 433 g/mol. The molecule has 2 aromatic rings. The zero-order valence-electron chi connectivity index (χ0n) is 19.3. The number of anilines is 1. The summed E-state index contributed by atoms with van der Waals surface area (Å²) in [4.78, 5) is 15.8. The first-order valence-corrected chi connectivity index (χ1v) is 12.2. The number of rotatable bonds is 8. The number of carboxylic acid groups (broad SMARTS) is 1. The number of halogens is 1. The van der Waals surface area contributed by atoms with Gasteiger partial charge >= 0.3 is 5.97 Å². The number of benzene rings is 2. The minimum Gasteiger partial charge on any atom is -0.478 e. The van der Waals surface area contributed by atoms with E-state index in [0.29, 0.717) is 25.7 Å². The highest BCUT2D eigenvalue weighted by Gasteiger charge is 2.51. The van der Waals surface area contributed by atoms with Crippen molar-refractivity contribution >= 4 is 17.6 Å². The number of nitrogens with one attached hydrogen (secondary N) is 2. The van der Waals surface area contributed by atoms with E-state index in [0.717, 1.165) is 29.0 Å². The Kier molecular flexibility index (Phi) is 6.55. The van der Waals surface area contributed by atoms with Crippen molar-refractivity contribution in [2.45, 2.75) is 50.7 Å². The first kappa shape index (κ1) is 22.8. The number of hydrogen-bond acceptors (Lipinski definition) is 3. The molecule has 0 unspecified atom stereocenters. The fourth-order valence-electron chi connectivity index (χ4n) is 6.38. The van der Waals surface area contributed by atoms with Crippen LogP contribution in [-0.2, 0) is 11.3 Å². The molecule has 6 nitrogen and oxygen atoms in total. The summed E-state index contributed by atoms with van der Waals surface area (Å²) < 4.78 is 19.7. The van der Waals surface area contributed by atoms with Crippen molar-refractivity contribution in [1.82, 2.24) is 5.32 Å². The maximum Gasteiger partial charge on any atom is 0.335 e. The van der Waals surface area contributed by atoms with Crippen LogP contribution in [-0.4, -0.2) is 35.8 Å². The molecule has 34 heavy (non-hydrogen) atoms. The predicted octanol–water partition coefficient (Wildman–Crippen LogP) is 5.07. The number of aliphatic imine (C=N–C) groups is 1. The molecule has 0 heterocycles. The topological polar surface area (TPSA) is 83.0 Å². The fraction of sp³-hybridized carbons (Fsp3) is 0.481. The van der Waals surface area contributed by atoms with Crippen molar-refractivity contribution in [1.29, 1.82) is 0 Å². The standard InChI is InChI=1S/C27H32FN3O3/c28-23-5-1-18(2-6-23)17-30-26(31-24-7-3-22(4-8-24)25(32)33)29-9-10-34-27-14-19-11-20(15-27)13-21(12-19)16-27/h1-8,19-21H,9-17H2,(H,32,33)(H2,29,30,31). The van der Waals surface area contributed by atoms with E-state index in [1.807, 2.05) is 0 Å². The average Bonchev–Trinajstić information content (AvgIpc) is 2.80. The van der Waals surface area contributed by atoms with E-state index in [1.54, 1.807) is 36.4 Å². The first-order valence-electron chi connectivity index (χ1n) is 12.2. The third-order valence-electron chi connectivity index (χ3n) is 7.51. The molecule has 4 saturated carbocycles. The van der Waals surface area contributed by atoms with Gasteiger partial charge < -0.3 is 20.5 Å². The maximum atomic E-state index is 13.2. The third kappa shape index (κ3) is 5.41. The van der Waals surface area contributed by atoms with Crippen LogP contribution in [0.2, 0.25) is 0 Å². The van der Waals surface area contributed by atoms with E-state index in [-0.39, 0.29) is 17.0 Å². The molecule has 0 amide bonds. The van der Waals surface area contributed by atoms with Gasteiger partial charge in [-0.2, -0.15) is 0 Å². The highest BCUT2D eigenvalue weighted by atomic mass is 19.1. The minimum absolute atomic E-state index is 0.0714. The SMILES string of the molecule is O=C(O)c1ccc(NC(=NCc2ccc(F)cc2)NCCOC23CC4CC(CC(C4)C2)C3)cc1. The normalized spacial score (nSPS) is 27.6. The molecule has 0 aromatic heterocycles. The molecule has 4 fully saturated rings. The number of aromatic carboxylic acids is 1. The smallest absolute Gasteiger partial charge is 0.335 e. The summed E-state index contributed by atoms with van der Waals surface area (Å²) in [6, 6.07) is 12.8. The van der Waals surface area contributed by atoms with Gasteiger partial charge in [0, 0.05) is 12.2 Å². The van der Waals surface area contributed by atoms with E-state index in [1.165, 1.54) is 50.7 Å². The Bertz CT molecular complexity index is 1000. The summed E-state index contributed by atoms with van der Waals surface area (Å²) in [7, 11) is 0. The van der Waals surface area contributed by atoms with E-state index in [2.05, 4.69) is 15.6 Å². The van der Waals surface area contributed by atoms with Crippen LogP contribution in [0.25, 0.3) is 0 Å². The summed E-state index contributed by atoms with van der Waals surface area (Å²) >= 11 is 0. The Morgan fingerprint density at radius 2 is 1.62 bits per heavy atom. The van der Waals surface area contributed by atoms with E-state index >= 15 is 0 Å². The molecule has 0 saturated heterocycles. The largest absolute Gasteiger partial charge is 0.478 e. The first-order chi connectivity index (χ1) is 16.5. The van der Waals surface area contributed by atoms with Gasteiger partial charge in [0.25, 0.3) is 0 Å². The summed E-state index contributed by atoms with van der Waals surface area (Å²) in [5.41, 5.74) is 1.93. The molecule has 2 aromatic carbocycles. The Morgan fingerprint density at radius 1 is 1.00 bits per heavy atom. The molecule has 4 aliphatic carbocycles. The molecule has 0 atom stereocenters. The van der Waals surface area contributed by atoms with Gasteiger partial charge in [-0.05, 0) is 98.2 Å². The van der Waals surface area contributed by atoms with Crippen molar-refractivity contribution in [3.63, 3.8) is 0 Å². The van der Waals surface area contributed by atoms with Crippen molar-refractivity contribution in [2.75, 3.05) is 18.5 Å². The lowest BCUT2D eigenvalue weighted by molar-refractivity contribution is -0.160. The molecule has 4 bridgehead atoms. The summed E-state index contributed by atoms with van der Waals surface area (Å²) in [5.74, 6) is 1.88. The summed E-state index contributed by atoms with van der Waals surface area (Å²) in [6.45, 7) is 1.62. The Hall–Kier alpha value is -2.93. The fourth-order valence-corrected chi connectivity index (χ4v) is 6.38. The average molecular weight is 466 g/mol. The van der Waals surface area contributed by atoms with Gasteiger partial charge in [-0.1, -0.05) is 12.1 Å². The molecule has 6 rings (SSSR count). The van der Waals surface area contributed by atoms with Crippen LogP contribution in [0.5, 0.6) is 0 Å². The third-order valence-corrected chi connectivity index (χ3v) is 7.51. The van der Waals surface area contributed by atoms with Gasteiger partial charge in [0.15, 0.2) is 5.96 Å². The second-order valence-electron chi connectivity index (χ2n) is 10.2. The summed E-state index contributed by atoms with van der Waals surface area (Å²) in [5, 5.41) is 15.7. The molecule has 180 valence electrons. The van der Waals surface area contributed by atoms with Crippen LogP contribution in [0.15, 0.2) is 53.5 Å². The molecule has 0 aliphatic heterocycles. The number of guanidine groups is 1. The van der Waals surface area contributed by atoms with Crippen LogP contribution >= 0.6 is 0 Å². The Balaban J connectivity index is 1.20. The van der Waals surface area contributed by atoms with Crippen molar-refractivity contribution in [2.24, 2.45) is 22.7 Å². The van der Waals surface area contributed by atoms with Crippen molar-refractivity contribution < 1.29 is 19.0 Å². The lowest BCUT2D eigenvalue weighted by atomic mass is 9.54. The highest BCUT2D eigenvalue weighted by molar-refractivity contribution is 5.94. The molecule has 3 N–H and O–H groups in total. The second kappa shape index (κ2) is 9.74. The van der Waals surface area contributed by atoms with Crippen LogP contribution in [0, 0.1) is 23.6 Å². The number of nitrogens with zero attached hydrogens (tertiary/aromatic N) is 1. The number of ether oxygens (including phenoxy) is 1. The van der Waals surface area contributed by atoms with E-state index < -0.39 is 5.97 Å². The minimum atomic E-state index is -0.961. The number of carboxylic acids is 1. The lowest BCUT2D eigenvalue weighted by Crippen LogP contribution is -2.52. The quantitative estimate of drug-likeness (QED) is 0.288. The molecule has 0 spiro atoms. The highest BCUT2D eigenvalue weighted by Crippen LogP contribution is 2.57. The molecule has 7 heteroatoms. The van der Waals surface area contributed by atoms with Crippen LogP contribution in [0.1, 0.15) is 54.4 Å². The second-order valence-corrected chi connectivity index (χ2v) is 10.2. The van der Waals surface area contributed by atoms with Gasteiger partial charge in [0.05, 0.1) is 24.3 Å². The predicted molar refractivity (Wildman–Crippen MR) is 129 cm³/mol. The lowest BCUT2D eigenvalue weighted by Gasteiger charge is -2.56. The number of carbonyl (C=O) groups is 1. The number of hydrogen-bond donors (Lipinski definition) is 3. The Morgan fingerprint density at radius 3 is 2.21 bits per heavy atom. The van der Waals surface area contributed by atoms with Crippen LogP contribution in [0.4, 0.5) is 10.1 Å². The maximum absolute atomic E-state index is 13.2. The zero-order valence-corrected chi connectivity index (χ0v) is 19.3. The zero-order chi connectivity index (χ0) is 23.5. The Labute approximate surface area is 199 Å². The van der Waals surface area contributed by atoms with Crippen molar-refractivity contribution in [3.05, 3.63) is 65.5 Å². The van der Waals surface area contributed by atoms with Gasteiger partial charge in [-0.3, -0.25) is 0 Å². The van der Waals surface area contributed by atoms with Gasteiger partial charge in [-0.15, -0.1) is 0 Å². The van der Waals surface area contributed by atoms with Crippen LogP contribution in [0.3, 0.4) is 0 Å². The molecule has 4 aliphatic rings. The van der Waals surface area contributed by atoms with Gasteiger partial charge in [-0.25, -0.2) is 14.2 Å². The molecule has 0 radical (unpaired) electrons. The molecular formula is C27H32FN3O3. The van der Waals surface area contributed by atoms with E-state index in [4.69, 9.17) is 9.84 Å². The van der Waals surface area contributed by atoms with Crippen molar-refractivity contribution in [3.8, 4) is 0 Å². The van der Waals surface area contributed by atoms with Gasteiger partial charge in [0.1, 0.15) is 5.82 Å². The van der Waals surface area contributed by atoms with Crippen LogP contribution < -0.4 is 10.6 Å². The van der Waals surface area contributed by atoms with Gasteiger partial charge in [0.2, 0.25) is 0 Å².